The zero-order valence-corrected chi connectivity index (χ0v) is 17.6. The molecule has 2 aromatic heterocycles. The van der Waals surface area contributed by atoms with Crippen LogP contribution in [0.1, 0.15) is 36.7 Å². The number of hydrogen-bond acceptors (Lipinski definition) is 7. The fourth-order valence-corrected chi connectivity index (χ4v) is 4.60. The molecule has 1 amide bonds. The van der Waals surface area contributed by atoms with E-state index in [0.717, 1.165) is 0 Å². The lowest BCUT2D eigenvalue weighted by Gasteiger charge is -2.23. The number of azide groups is 1. The van der Waals surface area contributed by atoms with Crippen LogP contribution >= 0.6 is 0 Å². The largest absolute Gasteiger partial charge is 0.344 e. The summed E-state index contributed by atoms with van der Waals surface area (Å²) in [6, 6.07) is 8.79. The number of ether oxygens (including phenoxy) is 2. The number of fused-ring (bicyclic) bond motifs is 2. The highest BCUT2D eigenvalue weighted by Crippen LogP contribution is 2.47. The molecule has 164 valence electrons. The van der Waals surface area contributed by atoms with Gasteiger partial charge >= 0.3 is 0 Å². The third-order valence-electron chi connectivity index (χ3n) is 5.92. The smallest absolute Gasteiger partial charge is 0.256 e. The number of imidazole rings is 1. The minimum Gasteiger partial charge on any atom is -0.344 e. The van der Waals surface area contributed by atoms with Crippen LogP contribution < -0.4 is 5.32 Å². The average Bonchev–Trinajstić information content (AvgIpc) is 3.44. The van der Waals surface area contributed by atoms with Crippen molar-refractivity contribution in [2.45, 2.75) is 44.3 Å². The molecular weight excluding hydrogens is 412 g/mol. The number of carbonyl (C=O) groups is 1. The van der Waals surface area contributed by atoms with Crippen molar-refractivity contribution in [3.8, 4) is 0 Å². The Hall–Kier alpha value is -3.53. The standard InChI is InChI=1S/C21H22N8O3/c1-21(2)31-16-13(9-26-28-22)8-14(17(16)32-21)29-11-25-15-18(23-10-24-19(15)29)27-20(30)12-6-4-3-5-7-12/h3-7,10-11,13-14,16-17H,8-9H2,1-2H3,(H,23,24,27,30)/t13-,14-,16-,17+/m1/s1. The molecule has 1 aromatic carbocycles. The number of rotatable bonds is 5. The van der Waals surface area contributed by atoms with Crippen molar-refractivity contribution in [2.24, 2.45) is 11.0 Å². The van der Waals surface area contributed by atoms with E-state index in [1.54, 1.807) is 30.6 Å². The van der Waals surface area contributed by atoms with E-state index in [-0.39, 0.29) is 30.1 Å². The molecule has 0 unspecified atom stereocenters. The van der Waals surface area contributed by atoms with Crippen LogP contribution in [0.25, 0.3) is 21.6 Å². The summed E-state index contributed by atoms with van der Waals surface area (Å²) in [6.07, 6.45) is 3.34. The molecule has 11 nitrogen and oxygen atoms in total. The molecule has 0 bridgehead atoms. The molecule has 1 saturated heterocycles. The number of hydrogen-bond donors (Lipinski definition) is 1. The van der Waals surface area contributed by atoms with E-state index >= 15 is 0 Å². The van der Waals surface area contributed by atoms with Gasteiger partial charge in [0.25, 0.3) is 5.91 Å². The molecule has 32 heavy (non-hydrogen) atoms. The molecule has 1 aliphatic carbocycles. The molecule has 1 saturated carbocycles. The van der Waals surface area contributed by atoms with Gasteiger partial charge < -0.3 is 19.4 Å². The molecule has 1 N–H and O–H groups in total. The van der Waals surface area contributed by atoms with Gasteiger partial charge in [0.2, 0.25) is 0 Å². The second-order valence-electron chi connectivity index (χ2n) is 8.41. The van der Waals surface area contributed by atoms with Gasteiger partial charge in [0.05, 0.1) is 18.5 Å². The molecule has 4 atom stereocenters. The van der Waals surface area contributed by atoms with E-state index in [1.807, 2.05) is 24.5 Å². The van der Waals surface area contributed by atoms with Gasteiger partial charge in [0, 0.05) is 17.0 Å². The normalized spacial score (nSPS) is 25.9. The Kier molecular flexibility index (Phi) is 5.01. The third kappa shape index (κ3) is 3.56. The topological polar surface area (TPSA) is 140 Å². The van der Waals surface area contributed by atoms with Gasteiger partial charge in [-0.15, -0.1) is 0 Å². The first-order valence-corrected chi connectivity index (χ1v) is 10.4. The second kappa shape index (κ2) is 7.86. The Labute approximate surface area is 183 Å². The van der Waals surface area contributed by atoms with Gasteiger partial charge in [-0.1, -0.05) is 23.3 Å². The van der Waals surface area contributed by atoms with Crippen LogP contribution in [0.5, 0.6) is 0 Å². The molecule has 0 radical (unpaired) electrons. The minimum atomic E-state index is -0.733. The van der Waals surface area contributed by atoms with E-state index in [1.165, 1.54) is 6.33 Å². The Balaban J connectivity index is 1.47. The number of benzene rings is 1. The fraction of sp³-hybridized carbons (Fsp3) is 0.429. The summed E-state index contributed by atoms with van der Waals surface area (Å²) in [4.78, 5) is 28.6. The second-order valence-corrected chi connectivity index (χ2v) is 8.41. The fourth-order valence-electron chi connectivity index (χ4n) is 4.60. The van der Waals surface area contributed by atoms with Crippen molar-refractivity contribution in [3.63, 3.8) is 0 Å². The first-order chi connectivity index (χ1) is 15.5. The Morgan fingerprint density at radius 3 is 2.81 bits per heavy atom. The predicted molar refractivity (Wildman–Crippen MR) is 115 cm³/mol. The van der Waals surface area contributed by atoms with Gasteiger partial charge in [-0.3, -0.25) is 4.79 Å². The lowest BCUT2D eigenvalue weighted by atomic mass is 10.1. The third-order valence-corrected chi connectivity index (χ3v) is 5.92. The zero-order chi connectivity index (χ0) is 22.3. The minimum absolute atomic E-state index is 0.0132. The summed E-state index contributed by atoms with van der Waals surface area (Å²) in [6.45, 7) is 4.07. The number of aromatic nitrogens is 4. The molecule has 5 rings (SSSR count). The van der Waals surface area contributed by atoms with Crippen molar-refractivity contribution in [1.82, 2.24) is 19.5 Å². The summed E-state index contributed by atoms with van der Waals surface area (Å²) in [5, 5.41) is 6.59. The first kappa shape index (κ1) is 20.4. The molecule has 2 fully saturated rings. The van der Waals surface area contributed by atoms with Crippen LogP contribution in [0.2, 0.25) is 0 Å². The molecule has 3 heterocycles. The van der Waals surface area contributed by atoms with Crippen molar-refractivity contribution in [1.29, 1.82) is 0 Å². The summed E-state index contributed by atoms with van der Waals surface area (Å²) in [5.74, 6) is -0.654. The maximum absolute atomic E-state index is 12.6. The number of nitrogens with one attached hydrogen (secondary N) is 1. The van der Waals surface area contributed by atoms with Crippen LogP contribution in [0.15, 0.2) is 48.1 Å². The monoisotopic (exact) mass is 434 g/mol. The Morgan fingerprint density at radius 2 is 2.03 bits per heavy atom. The van der Waals surface area contributed by atoms with Crippen LogP contribution in [-0.4, -0.2) is 50.0 Å². The lowest BCUT2D eigenvalue weighted by molar-refractivity contribution is -0.159. The van der Waals surface area contributed by atoms with Crippen molar-refractivity contribution in [3.05, 3.63) is 59.0 Å². The highest BCUT2D eigenvalue weighted by Gasteiger charge is 2.54. The SMILES string of the molecule is CC1(C)O[C@@H]2[C@@H](CN=[N+]=[N-])C[C@@H](n3cnc4c(NC(=O)c5ccccc5)ncnc43)[C@@H]2O1. The number of carbonyl (C=O) groups excluding carboxylic acids is 1. The molecule has 3 aromatic rings. The van der Waals surface area contributed by atoms with Crippen molar-refractivity contribution >= 4 is 22.9 Å². The Morgan fingerprint density at radius 1 is 1.25 bits per heavy atom. The van der Waals surface area contributed by atoms with Crippen LogP contribution in [0, 0.1) is 5.92 Å². The van der Waals surface area contributed by atoms with Crippen molar-refractivity contribution < 1.29 is 14.3 Å². The van der Waals surface area contributed by atoms with E-state index in [4.69, 9.17) is 15.0 Å². The number of anilines is 1. The van der Waals surface area contributed by atoms with Crippen LogP contribution in [-0.2, 0) is 9.47 Å². The van der Waals surface area contributed by atoms with Crippen LogP contribution in [0.4, 0.5) is 5.82 Å². The van der Waals surface area contributed by atoms with E-state index in [0.29, 0.717) is 35.5 Å². The number of nitrogens with zero attached hydrogens (tertiary/aromatic N) is 7. The van der Waals surface area contributed by atoms with Crippen molar-refractivity contribution in [2.75, 3.05) is 11.9 Å². The van der Waals surface area contributed by atoms with Gasteiger partial charge in [-0.2, -0.15) is 0 Å². The molecule has 1 aliphatic heterocycles. The van der Waals surface area contributed by atoms with Gasteiger partial charge in [0.15, 0.2) is 22.8 Å². The van der Waals surface area contributed by atoms with Gasteiger partial charge in [0.1, 0.15) is 12.4 Å². The Bertz CT molecular complexity index is 1200. The van der Waals surface area contributed by atoms with E-state index in [2.05, 4.69) is 30.3 Å². The zero-order valence-electron chi connectivity index (χ0n) is 17.6. The highest BCUT2D eigenvalue weighted by atomic mass is 16.8. The van der Waals surface area contributed by atoms with Gasteiger partial charge in [-0.25, -0.2) is 15.0 Å². The van der Waals surface area contributed by atoms with Crippen LogP contribution in [0.3, 0.4) is 0 Å². The summed E-state index contributed by atoms with van der Waals surface area (Å²) < 4.78 is 14.3. The van der Waals surface area contributed by atoms with Gasteiger partial charge in [-0.05, 0) is 43.9 Å². The lowest BCUT2D eigenvalue weighted by Crippen LogP contribution is -2.27. The van der Waals surface area contributed by atoms with E-state index in [9.17, 15) is 4.79 Å². The molecule has 11 heteroatoms. The number of amides is 1. The average molecular weight is 434 g/mol. The summed E-state index contributed by atoms with van der Waals surface area (Å²) >= 11 is 0. The molecule has 2 aliphatic rings. The predicted octanol–water partition coefficient (Wildman–Crippen LogP) is 3.47. The molecular formula is C21H22N8O3. The maximum Gasteiger partial charge on any atom is 0.256 e. The highest BCUT2D eigenvalue weighted by molar-refractivity contribution is 6.06. The summed E-state index contributed by atoms with van der Waals surface area (Å²) in [7, 11) is 0. The maximum atomic E-state index is 12.6. The molecule has 0 spiro atoms. The quantitative estimate of drug-likeness (QED) is 0.370. The van der Waals surface area contributed by atoms with E-state index < -0.39 is 5.79 Å². The summed E-state index contributed by atoms with van der Waals surface area (Å²) in [5.41, 5.74) is 10.4. The first-order valence-electron chi connectivity index (χ1n) is 10.4.